The van der Waals surface area contributed by atoms with Crippen molar-refractivity contribution in [3.05, 3.63) is 75.1 Å². The Morgan fingerprint density at radius 3 is 2.69 bits per heavy atom. The number of rotatable bonds is 3. The minimum atomic E-state index is -0.167. The van der Waals surface area contributed by atoms with Crippen LogP contribution in [0.15, 0.2) is 51.7 Å². The van der Waals surface area contributed by atoms with Crippen LogP contribution in [0.2, 0.25) is 0 Å². The lowest BCUT2D eigenvalue weighted by molar-refractivity contribution is 0.0968. The van der Waals surface area contributed by atoms with Crippen LogP contribution in [0.4, 0.5) is 0 Å². The first kappa shape index (κ1) is 15.6. The quantitative estimate of drug-likeness (QED) is 0.678. The summed E-state index contributed by atoms with van der Waals surface area (Å²) in [6.07, 6.45) is 3.82. The van der Waals surface area contributed by atoms with E-state index in [0.29, 0.717) is 6.73 Å². The molecular weight excluding hydrogens is 326 g/mol. The monoisotopic (exact) mass is 347 g/mol. The molecule has 0 radical (unpaired) electrons. The van der Waals surface area contributed by atoms with Gasteiger partial charge in [0.05, 0.1) is 5.56 Å². The first-order chi connectivity index (χ1) is 12.8. The zero-order chi connectivity index (χ0) is 17.5. The van der Waals surface area contributed by atoms with Crippen molar-refractivity contribution >= 4 is 11.0 Å². The van der Waals surface area contributed by atoms with Gasteiger partial charge in [0.1, 0.15) is 18.1 Å². The van der Waals surface area contributed by atoms with Crippen LogP contribution in [-0.4, -0.2) is 18.2 Å². The normalized spacial score (nSPS) is 16.3. The van der Waals surface area contributed by atoms with Crippen LogP contribution in [-0.2, 0) is 25.8 Å². The molecule has 2 aromatic carbocycles. The second kappa shape index (κ2) is 6.29. The van der Waals surface area contributed by atoms with Gasteiger partial charge in [0.15, 0.2) is 0 Å². The topological polar surface area (TPSA) is 42.7 Å². The number of benzene rings is 2. The summed E-state index contributed by atoms with van der Waals surface area (Å²) in [5.74, 6) is 0.842. The second-order valence-electron chi connectivity index (χ2n) is 7.18. The fourth-order valence-corrected chi connectivity index (χ4v) is 4.18. The Morgan fingerprint density at radius 1 is 0.962 bits per heavy atom. The van der Waals surface area contributed by atoms with Gasteiger partial charge in [-0.1, -0.05) is 30.3 Å². The molecule has 0 bridgehead atoms. The molecule has 4 nitrogen and oxygen atoms in total. The summed E-state index contributed by atoms with van der Waals surface area (Å²) in [7, 11) is 0. The predicted molar refractivity (Wildman–Crippen MR) is 101 cm³/mol. The van der Waals surface area contributed by atoms with E-state index in [0.717, 1.165) is 66.6 Å². The van der Waals surface area contributed by atoms with Crippen molar-refractivity contribution in [2.75, 3.05) is 13.3 Å². The highest BCUT2D eigenvalue weighted by Crippen LogP contribution is 2.35. The zero-order valence-electron chi connectivity index (χ0n) is 14.7. The standard InChI is InChI=1S/C22H21NO3/c24-22-18-8-4-7-16(18)17-9-10-20-19(21(17)26-22)13-23(14-25-20)12-11-15-5-2-1-3-6-15/h1-3,5-6,9-10H,4,7-8,11-14H2. The number of aryl methyl sites for hydroxylation is 1. The molecule has 132 valence electrons. The average molecular weight is 347 g/mol. The van der Waals surface area contributed by atoms with Crippen LogP contribution in [0.3, 0.4) is 0 Å². The summed E-state index contributed by atoms with van der Waals surface area (Å²) in [6, 6.07) is 14.6. The molecule has 0 amide bonds. The molecule has 3 aromatic rings. The summed E-state index contributed by atoms with van der Waals surface area (Å²) in [5, 5.41) is 1.09. The van der Waals surface area contributed by atoms with Crippen molar-refractivity contribution in [2.24, 2.45) is 0 Å². The second-order valence-corrected chi connectivity index (χ2v) is 7.18. The van der Waals surface area contributed by atoms with Crippen molar-refractivity contribution in [3.8, 4) is 5.75 Å². The van der Waals surface area contributed by atoms with E-state index >= 15 is 0 Å². The summed E-state index contributed by atoms with van der Waals surface area (Å²) >= 11 is 0. The molecule has 0 unspecified atom stereocenters. The molecule has 0 saturated heterocycles. The Morgan fingerprint density at radius 2 is 1.81 bits per heavy atom. The van der Waals surface area contributed by atoms with Gasteiger partial charge in [-0.2, -0.15) is 0 Å². The summed E-state index contributed by atoms with van der Waals surface area (Å²) < 4.78 is 11.7. The first-order valence-electron chi connectivity index (χ1n) is 9.29. The Labute approximate surface area is 152 Å². The zero-order valence-corrected chi connectivity index (χ0v) is 14.7. The Kier molecular flexibility index (Phi) is 3.79. The number of hydrogen-bond donors (Lipinski definition) is 0. The van der Waals surface area contributed by atoms with E-state index in [4.69, 9.17) is 9.15 Å². The number of nitrogens with zero attached hydrogens (tertiary/aromatic N) is 1. The van der Waals surface area contributed by atoms with Gasteiger partial charge in [0.2, 0.25) is 0 Å². The Bertz CT molecular complexity index is 1020. The number of ether oxygens (including phenoxy) is 1. The summed E-state index contributed by atoms with van der Waals surface area (Å²) in [5.41, 5.74) is 4.93. The van der Waals surface area contributed by atoms with Crippen molar-refractivity contribution in [3.63, 3.8) is 0 Å². The van der Waals surface area contributed by atoms with Gasteiger partial charge < -0.3 is 9.15 Å². The molecule has 1 aromatic heterocycles. The van der Waals surface area contributed by atoms with Crippen LogP contribution in [0.25, 0.3) is 11.0 Å². The molecule has 2 heterocycles. The fraction of sp³-hybridized carbons (Fsp3) is 0.318. The van der Waals surface area contributed by atoms with E-state index in [9.17, 15) is 4.79 Å². The number of fused-ring (bicyclic) bond motifs is 5. The third kappa shape index (κ3) is 2.61. The Balaban J connectivity index is 1.47. The fourth-order valence-electron chi connectivity index (χ4n) is 4.18. The molecule has 0 saturated carbocycles. The van der Waals surface area contributed by atoms with Gasteiger partial charge in [0, 0.05) is 24.0 Å². The van der Waals surface area contributed by atoms with Gasteiger partial charge in [-0.25, -0.2) is 4.79 Å². The molecule has 0 N–H and O–H groups in total. The van der Waals surface area contributed by atoms with Gasteiger partial charge in [-0.3, -0.25) is 4.90 Å². The molecule has 1 aliphatic carbocycles. The highest BCUT2D eigenvalue weighted by atomic mass is 16.5. The summed E-state index contributed by atoms with van der Waals surface area (Å²) in [4.78, 5) is 14.6. The largest absolute Gasteiger partial charge is 0.478 e. The Hall–Kier alpha value is -2.59. The summed E-state index contributed by atoms with van der Waals surface area (Å²) in [6.45, 7) is 2.23. The average Bonchev–Trinajstić information content (AvgIpc) is 3.18. The lowest BCUT2D eigenvalue weighted by Crippen LogP contribution is -2.33. The first-order valence-corrected chi connectivity index (χ1v) is 9.29. The van der Waals surface area contributed by atoms with Gasteiger partial charge in [-0.05, 0) is 48.9 Å². The number of hydrogen-bond acceptors (Lipinski definition) is 4. The van der Waals surface area contributed by atoms with Crippen LogP contribution in [0, 0.1) is 0 Å². The van der Waals surface area contributed by atoms with Crippen LogP contribution in [0.1, 0.15) is 28.7 Å². The van der Waals surface area contributed by atoms with Gasteiger partial charge >= 0.3 is 5.63 Å². The van der Waals surface area contributed by atoms with Crippen molar-refractivity contribution in [1.29, 1.82) is 0 Å². The smallest absolute Gasteiger partial charge is 0.339 e. The van der Waals surface area contributed by atoms with Crippen LogP contribution >= 0.6 is 0 Å². The maximum Gasteiger partial charge on any atom is 0.339 e. The minimum absolute atomic E-state index is 0.167. The van der Waals surface area contributed by atoms with E-state index in [1.54, 1.807) is 0 Å². The maximum atomic E-state index is 12.4. The van der Waals surface area contributed by atoms with E-state index in [1.165, 1.54) is 11.1 Å². The van der Waals surface area contributed by atoms with Crippen molar-refractivity contribution in [2.45, 2.75) is 32.2 Å². The molecule has 4 heteroatoms. The third-order valence-electron chi connectivity index (χ3n) is 5.55. The highest BCUT2D eigenvalue weighted by molar-refractivity contribution is 5.86. The maximum absolute atomic E-state index is 12.4. The molecule has 5 rings (SSSR count). The van der Waals surface area contributed by atoms with E-state index in [1.807, 2.05) is 12.1 Å². The third-order valence-corrected chi connectivity index (χ3v) is 5.55. The van der Waals surface area contributed by atoms with Gasteiger partial charge in [-0.15, -0.1) is 0 Å². The van der Waals surface area contributed by atoms with Crippen LogP contribution < -0.4 is 10.4 Å². The molecule has 0 atom stereocenters. The highest BCUT2D eigenvalue weighted by Gasteiger charge is 2.25. The predicted octanol–water partition coefficient (Wildman–Crippen LogP) is 3.68. The molecule has 2 aliphatic rings. The molecular formula is C22H21NO3. The molecule has 1 aliphatic heterocycles. The lowest BCUT2D eigenvalue weighted by Gasteiger charge is -2.29. The van der Waals surface area contributed by atoms with Gasteiger partial charge in [0.25, 0.3) is 0 Å². The molecule has 26 heavy (non-hydrogen) atoms. The molecule has 0 fully saturated rings. The van der Waals surface area contributed by atoms with E-state index in [-0.39, 0.29) is 5.63 Å². The van der Waals surface area contributed by atoms with Crippen LogP contribution in [0.5, 0.6) is 5.75 Å². The SMILES string of the molecule is O=c1oc2c3c(ccc2c2c1CCC2)OCN(CCc1ccccc1)C3. The lowest BCUT2D eigenvalue weighted by atomic mass is 10.0. The van der Waals surface area contributed by atoms with Crippen molar-refractivity contribution in [1.82, 2.24) is 4.90 Å². The van der Waals surface area contributed by atoms with Crippen molar-refractivity contribution < 1.29 is 9.15 Å². The molecule has 0 spiro atoms. The van der Waals surface area contributed by atoms with E-state index < -0.39 is 0 Å². The minimum Gasteiger partial charge on any atom is -0.478 e. The van der Waals surface area contributed by atoms with E-state index in [2.05, 4.69) is 35.2 Å².